The van der Waals surface area contributed by atoms with Gasteiger partial charge in [0.25, 0.3) is 0 Å². The summed E-state index contributed by atoms with van der Waals surface area (Å²) < 4.78 is 7.00. The van der Waals surface area contributed by atoms with Gasteiger partial charge in [-0.05, 0) is 71.2 Å². The SMILES string of the molecule is CCC(C)N(CCCCn1c(=O)oc2cc(C(C)=O)ccc21)C(C)CC. The number of carbonyl (C=O) groups excluding carboxylic acids is 1. The second kappa shape index (κ2) is 9.17. The number of hydrogen-bond donors (Lipinski definition) is 0. The van der Waals surface area contributed by atoms with Gasteiger partial charge in [0, 0.05) is 24.2 Å². The zero-order chi connectivity index (χ0) is 19.3. The fraction of sp³-hybridized carbons (Fsp3) is 0.619. The number of aryl methyl sites for hydroxylation is 1. The zero-order valence-corrected chi connectivity index (χ0v) is 16.7. The number of fused-ring (bicyclic) bond motifs is 1. The Labute approximate surface area is 156 Å². The van der Waals surface area contributed by atoms with Crippen LogP contribution in [0, 0.1) is 0 Å². The zero-order valence-electron chi connectivity index (χ0n) is 16.7. The maximum atomic E-state index is 12.2. The summed E-state index contributed by atoms with van der Waals surface area (Å²) in [7, 11) is 0. The van der Waals surface area contributed by atoms with Gasteiger partial charge in [0.2, 0.25) is 0 Å². The van der Waals surface area contributed by atoms with Crippen LogP contribution in [-0.4, -0.2) is 33.9 Å². The molecule has 0 aliphatic heterocycles. The van der Waals surface area contributed by atoms with Crippen molar-refractivity contribution in [1.82, 2.24) is 9.47 Å². The first-order valence-electron chi connectivity index (χ1n) is 9.79. The molecule has 1 heterocycles. The molecule has 144 valence electrons. The summed E-state index contributed by atoms with van der Waals surface area (Å²) in [5, 5.41) is 0. The van der Waals surface area contributed by atoms with Crippen molar-refractivity contribution < 1.29 is 9.21 Å². The third-order valence-electron chi connectivity index (χ3n) is 5.44. The fourth-order valence-corrected chi connectivity index (χ4v) is 3.41. The quantitative estimate of drug-likeness (QED) is 0.463. The molecule has 5 nitrogen and oxygen atoms in total. The maximum absolute atomic E-state index is 12.2. The largest absolute Gasteiger partial charge is 0.419 e. The number of oxazole rings is 1. The molecule has 2 aromatic rings. The number of aromatic nitrogens is 1. The van der Waals surface area contributed by atoms with Crippen LogP contribution >= 0.6 is 0 Å². The Kier molecular flexibility index (Phi) is 7.21. The number of nitrogens with zero attached hydrogens (tertiary/aromatic N) is 2. The van der Waals surface area contributed by atoms with Gasteiger partial charge in [-0.25, -0.2) is 4.79 Å². The lowest BCUT2D eigenvalue weighted by Crippen LogP contribution is -2.40. The Balaban J connectivity index is 2.02. The molecule has 0 saturated heterocycles. The van der Waals surface area contributed by atoms with Crippen LogP contribution in [0.3, 0.4) is 0 Å². The highest BCUT2D eigenvalue weighted by Crippen LogP contribution is 2.17. The minimum Gasteiger partial charge on any atom is -0.408 e. The van der Waals surface area contributed by atoms with Crippen molar-refractivity contribution in [2.75, 3.05) is 6.54 Å². The normalized spacial score (nSPS) is 14.1. The summed E-state index contributed by atoms with van der Waals surface area (Å²) in [6, 6.07) is 6.37. The van der Waals surface area contributed by atoms with Gasteiger partial charge in [0.05, 0.1) is 5.52 Å². The van der Waals surface area contributed by atoms with Crippen molar-refractivity contribution in [3.63, 3.8) is 0 Å². The predicted molar refractivity (Wildman–Crippen MR) is 106 cm³/mol. The summed E-state index contributed by atoms with van der Waals surface area (Å²) in [5.41, 5.74) is 1.82. The number of unbranched alkanes of at least 4 members (excludes halogenated alkanes) is 1. The summed E-state index contributed by atoms with van der Waals surface area (Å²) >= 11 is 0. The van der Waals surface area contributed by atoms with Crippen LogP contribution in [0.2, 0.25) is 0 Å². The molecule has 5 heteroatoms. The first-order valence-corrected chi connectivity index (χ1v) is 9.79. The monoisotopic (exact) mass is 360 g/mol. The van der Waals surface area contributed by atoms with Gasteiger partial charge in [0.1, 0.15) is 0 Å². The average molecular weight is 360 g/mol. The molecule has 0 radical (unpaired) electrons. The summed E-state index contributed by atoms with van der Waals surface area (Å²) in [6.45, 7) is 12.2. The number of Topliss-reactive ketones (excluding diaryl/α,β-unsaturated/α-hetero) is 1. The van der Waals surface area contributed by atoms with Crippen molar-refractivity contribution >= 4 is 16.9 Å². The van der Waals surface area contributed by atoms with E-state index in [9.17, 15) is 9.59 Å². The molecule has 26 heavy (non-hydrogen) atoms. The van der Waals surface area contributed by atoms with E-state index in [4.69, 9.17) is 4.42 Å². The molecule has 1 aromatic carbocycles. The third-order valence-corrected chi connectivity index (χ3v) is 5.44. The van der Waals surface area contributed by atoms with Gasteiger partial charge in [-0.2, -0.15) is 0 Å². The molecule has 2 unspecified atom stereocenters. The van der Waals surface area contributed by atoms with Crippen molar-refractivity contribution in [2.24, 2.45) is 0 Å². The number of ketones is 1. The van der Waals surface area contributed by atoms with E-state index >= 15 is 0 Å². The van der Waals surface area contributed by atoms with Gasteiger partial charge in [0.15, 0.2) is 11.4 Å². The second-order valence-corrected chi connectivity index (χ2v) is 7.22. The number of carbonyl (C=O) groups is 1. The van der Waals surface area contributed by atoms with Crippen molar-refractivity contribution in [1.29, 1.82) is 0 Å². The highest BCUT2D eigenvalue weighted by atomic mass is 16.4. The van der Waals surface area contributed by atoms with Crippen molar-refractivity contribution in [3.8, 4) is 0 Å². The van der Waals surface area contributed by atoms with E-state index in [0.717, 1.165) is 37.7 Å². The maximum Gasteiger partial charge on any atom is 0.419 e. The first-order chi connectivity index (χ1) is 12.4. The average Bonchev–Trinajstić information content (AvgIpc) is 2.94. The van der Waals surface area contributed by atoms with E-state index < -0.39 is 0 Å². The van der Waals surface area contributed by atoms with E-state index in [1.165, 1.54) is 6.92 Å². The van der Waals surface area contributed by atoms with E-state index in [1.807, 2.05) is 6.07 Å². The molecule has 2 rings (SSSR count). The number of benzene rings is 1. The fourth-order valence-electron chi connectivity index (χ4n) is 3.41. The highest BCUT2D eigenvalue weighted by Gasteiger charge is 2.17. The molecular weight excluding hydrogens is 328 g/mol. The topological polar surface area (TPSA) is 55.5 Å². The van der Waals surface area contributed by atoms with Crippen LogP contribution in [0.15, 0.2) is 27.4 Å². The molecule has 0 amide bonds. The van der Waals surface area contributed by atoms with Crippen LogP contribution in [0.25, 0.3) is 11.1 Å². The smallest absolute Gasteiger partial charge is 0.408 e. The lowest BCUT2D eigenvalue weighted by atomic mass is 10.1. The van der Waals surface area contributed by atoms with Gasteiger partial charge in [-0.3, -0.25) is 14.3 Å². The van der Waals surface area contributed by atoms with E-state index in [0.29, 0.717) is 29.8 Å². The molecule has 0 bridgehead atoms. The molecule has 1 aromatic heterocycles. The summed E-state index contributed by atoms with van der Waals surface area (Å²) in [6.07, 6.45) is 4.26. The van der Waals surface area contributed by atoms with Crippen LogP contribution in [0.5, 0.6) is 0 Å². The lowest BCUT2D eigenvalue weighted by molar-refractivity contribution is 0.101. The standard InChI is InChI=1S/C21H32N2O3/c1-6-15(3)22(16(4)7-2)12-8-9-13-23-19-11-10-18(17(5)24)14-20(19)26-21(23)25/h10-11,14-16H,6-9,12-13H2,1-5H3. The summed E-state index contributed by atoms with van der Waals surface area (Å²) in [5.74, 6) is -0.376. The molecule has 0 saturated carbocycles. The molecule has 0 N–H and O–H groups in total. The number of rotatable bonds is 10. The summed E-state index contributed by atoms with van der Waals surface area (Å²) in [4.78, 5) is 26.2. The van der Waals surface area contributed by atoms with Crippen LogP contribution in [0.1, 0.15) is 70.7 Å². The minimum absolute atomic E-state index is 0.0301. The first kappa shape index (κ1) is 20.4. The van der Waals surface area contributed by atoms with Crippen molar-refractivity contribution in [2.45, 2.75) is 78.9 Å². The Bertz CT molecular complexity index is 780. The minimum atomic E-state index is -0.346. The van der Waals surface area contributed by atoms with Crippen molar-refractivity contribution in [3.05, 3.63) is 34.3 Å². The Morgan fingerprint density at radius 1 is 1.15 bits per heavy atom. The molecule has 0 fully saturated rings. The van der Waals surface area contributed by atoms with E-state index in [1.54, 1.807) is 16.7 Å². The van der Waals surface area contributed by atoms with Crippen LogP contribution < -0.4 is 5.76 Å². The Morgan fingerprint density at radius 2 is 1.81 bits per heavy atom. The van der Waals surface area contributed by atoms with E-state index in [-0.39, 0.29) is 11.5 Å². The lowest BCUT2D eigenvalue weighted by Gasteiger charge is -2.33. The highest BCUT2D eigenvalue weighted by molar-refractivity contribution is 5.96. The second-order valence-electron chi connectivity index (χ2n) is 7.22. The number of hydrogen-bond acceptors (Lipinski definition) is 4. The van der Waals surface area contributed by atoms with Gasteiger partial charge < -0.3 is 4.42 Å². The molecular formula is C21H32N2O3. The molecule has 0 aliphatic carbocycles. The molecule has 0 spiro atoms. The van der Waals surface area contributed by atoms with E-state index in [2.05, 4.69) is 32.6 Å². The Hall–Kier alpha value is -1.88. The van der Waals surface area contributed by atoms with Crippen LogP contribution in [0.4, 0.5) is 0 Å². The Morgan fingerprint density at radius 3 is 2.38 bits per heavy atom. The molecule has 2 atom stereocenters. The van der Waals surface area contributed by atoms with Gasteiger partial charge >= 0.3 is 5.76 Å². The molecule has 0 aliphatic rings. The van der Waals surface area contributed by atoms with Gasteiger partial charge in [-0.15, -0.1) is 0 Å². The van der Waals surface area contributed by atoms with Gasteiger partial charge in [-0.1, -0.05) is 13.8 Å². The predicted octanol–water partition coefficient (Wildman–Crippen LogP) is 4.48. The van der Waals surface area contributed by atoms with Crippen LogP contribution in [-0.2, 0) is 6.54 Å². The third kappa shape index (κ3) is 4.64.